The number of rotatable bonds is 3. The number of hydrogen-bond donors (Lipinski definition) is 2. The van der Waals surface area contributed by atoms with Gasteiger partial charge in [0.15, 0.2) is 0 Å². The van der Waals surface area contributed by atoms with Crippen molar-refractivity contribution >= 4 is 22.9 Å². The van der Waals surface area contributed by atoms with E-state index >= 15 is 0 Å². The summed E-state index contributed by atoms with van der Waals surface area (Å²) < 4.78 is 0. The number of carbonyl (C=O) groups excluding carboxylic acids is 1. The largest absolute Gasteiger partial charge is 0.399 e. The van der Waals surface area contributed by atoms with Gasteiger partial charge in [-0.05, 0) is 24.3 Å². The number of anilines is 1. The van der Waals surface area contributed by atoms with E-state index in [2.05, 4.69) is 10.3 Å². The van der Waals surface area contributed by atoms with E-state index in [9.17, 15) is 4.79 Å². The molecule has 0 aliphatic heterocycles. The molecular weight excluding hydrogens is 234 g/mol. The highest BCUT2D eigenvalue weighted by Crippen LogP contribution is 2.24. The number of carbonyl (C=O) groups is 1. The standard InChI is InChI=1S/C12H13N3OS/c1-14-11(16)6-10-7-17-12(15-10)8-2-4-9(13)5-3-8/h2-5,7H,6,13H2,1H3,(H,14,16). The zero-order valence-electron chi connectivity index (χ0n) is 9.43. The van der Waals surface area contributed by atoms with E-state index in [1.807, 2.05) is 29.6 Å². The maximum absolute atomic E-state index is 11.2. The number of hydrogen-bond acceptors (Lipinski definition) is 4. The summed E-state index contributed by atoms with van der Waals surface area (Å²) in [7, 11) is 1.62. The van der Waals surface area contributed by atoms with Crippen molar-refractivity contribution in [3.63, 3.8) is 0 Å². The second-order valence-corrected chi connectivity index (χ2v) is 4.47. The van der Waals surface area contributed by atoms with Gasteiger partial charge in [0.05, 0.1) is 12.1 Å². The van der Waals surface area contributed by atoms with Crippen molar-refractivity contribution in [1.82, 2.24) is 10.3 Å². The molecule has 0 unspecified atom stereocenters. The van der Waals surface area contributed by atoms with Gasteiger partial charge >= 0.3 is 0 Å². The van der Waals surface area contributed by atoms with Crippen LogP contribution in [0.25, 0.3) is 10.6 Å². The predicted octanol–water partition coefficient (Wildman–Crippen LogP) is 1.68. The molecule has 0 radical (unpaired) electrons. The fourth-order valence-electron chi connectivity index (χ4n) is 1.40. The van der Waals surface area contributed by atoms with Gasteiger partial charge in [0.1, 0.15) is 5.01 Å². The fourth-order valence-corrected chi connectivity index (χ4v) is 2.23. The highest BCUT2D eigenvalue weighted by Gasteiger charge is 2.07. The SMILES string of the molecule is CNC(=O)Cc1csc(-c2ccc(N)cc2)n1. The van der Waals surface area contributed by atoms with Crippen LogP contribution in [0.3, 0.4) is 0 Å². The second kappa shape index (κ2) is 4.97. The van der Waals surface area contributed by atoms with E-state index < -0.39 is 0 Å². The van der Waals surface area contributed by atoms with Crippen LogP contribution >= 0.6 is 11.3 Å². The normalized spacial score (nSPS) is 10.2. The average Bonchev–Trinajstić information content (AvgIpc) is 2.78. The lowest BCUT2D eigenvalue weighted by molar-refractivity contribution is -0.120. The monoisotopic (exact) mass is 247 g/mol. The van der Waals surface area contributed by atoms with Gasteiger partial charge in [-0.3, -0.25) is 4.79 Å². The van der Waals surface area contributed by atoms with Crippen molar-refractivity contribution in [2.75, 3.05) is 12.8 Å². The number of amides is 1. The first kappa shape index (κ1) is 11.6. The summed E-state index contributed by atoms with van der Waals surface area (Å²) in [5.74, 6) is -0.0286. The van der Waals surface area contributed by atoms with Gasteiger partial charge in [0.25, 0.3) is 0 Å². The molecule has 2 rings (SSSR count). The van der Waals surface area contributed by atoms with Crippen LogP contribution in [0.4, 0.5) is 5.69 Å². The average molecular weight is 247 g/mol. The Bertz CT molecular complexity index is 519. The molecule has 5 heteroatoms. The molecule has 0 saturated heterocycles. The molecule has 0 bridgehead atoms. The Balaban J connectivity index is 2.18. The van der Waals surface area contributed by atoms with Gasteiger partial charge < -0.3 is 11.1 Å². The molecule has 0 spiro atoms. The lowest BCUT2D eigenvalue weighted by atomic mass is 10.2. The molecule has 1 aromatic carbocycles. The highest BCUT2D eigenvalue weighted by atomic mass is 32.1. The minimum Gasteiger partial charge on any atom is -0.399 e. The molecule has 0 saturated carbocycles. The molecule has 1 heterocycles. The molecule has 0 atom stereocenters. The summed E-state index contributed by atoms with van der Waals surface area (Å²) in [6.45, 7) is 0. The van der Waals surface area contributed by atoms with Gasteiger partial charge in [-0.15, -0.1) is 11.3 Å². The lowest BCUT2D eigenvalue weighted by Crippen LogP contribution is -2.19. The van der Waals surface area contributed by atoms with E-state index in [1.54, 1.807) is 7.05 Å². The third-order valence-corrected chi connectivity index (χ3v) is 3.27. The topological polar surface area (TPSA) is 68.0 Å². The molecule has 1 aromatic heterocycles. The molecule has 3 N–H and O–H groups in total. The first-order chi connectivity index (χ1) is 8.19. The van der Waals surface area contributed by atoms with Crippen molar-refractivity contribution in [2.45, 2.75) is 6.42 Å². The number of nitrogen functional groups attached to an aromatic ring is 1. The summed E-state index contributed by atoms with van der Waals surface area (Å²) >= 11 is 1.53. The number of benzene rings is 1. The van der Waals surface area contributed by atoms with Crippen molar-refractivity contribution < 1.29 is 4.79 Å². The molecule has 17 heavy (non-hydrogen) atoms. The van der Waals surface area contributed by atoms with Crippen LogP contribution < -0.4 is 11.1 Å². The van der Waals surface area contributed by atoms with Gasteiger partial charge in [-0.1, -0.05) is 0 Å². The van der Waals surface area contributed by atoms with E-state index in [1.165, 1.54) is 11.3 Å². The summed E-state index contributed by atoms with van der Waals surface area (Å²) in [4.78, 5) is 15.6. The van der Waals surface area contributed by atoms with Crippen LogP contribution in [0, 0.1) is 0 Å². The maximum atomic E-state index is 11.2. The van der Waals surface area contributed by atoms with Crippen LogP contribution in [-0.2, 0) is 11.2 Å². The zero-order chi connectivity index (χ0) is 12.3. The first-order valence-corrected chi connectivity index (χ1v) is 6.08. The molecule has 88 valence electrons. The fraction of sp³-hybridized carbons (Fsp3) is 0.167. The van der Waals surface area contributed by atoms with Crippen LogP contribution in [0.5, 0.6) is 0 Å². The third-order valence-electron chi connectivity index (χ3n) is 2.33. The van der Waals surface area contributed by atoms with Crippen LogP contribution in [0.15, 0.2) is 29.6 Å². The first-order valence-electron chi connectivity index (χ1n) is 5.20. The Kier molecular flexibility index (Phi) is 3.39. The van der Waals surface area contributed by atoms with Gasteiger partial charge in [0.2, 0.25) is 5.91 Å². The Morgan fingerprint density at radius 3 is 2.76 bits per heavy atom. The minimum absolute atomic E-state index is 0.0286. The lowest BCUT2D eigenvalue weighted by Gasteiger charge is -1.97. The third kappa shape index (κ3) is 2.82. The second-order valence-electron chi connectivity index (χ2n) is 3.62. The summed E-state index contributed by atoms with van der Waals surface area (Å²) in [5, 5.41) is 5.39. The summed E-state index contributed by atoms with van der Waals surface area (Å²) in [6.07, 6.45) is 0.321. The number of thiazole rings is 1. The Hall–Kier alpha value is -1.88. The van der Waals surface area contributed by atoms with Crippen LogP contribution in [0.2, 0.25) is 0 Å². The molecule has 0 fully saturated rings. The van der Waals surface area contributed by atoms with Gasteiger partial charge in [0, 0.05) is 23.7 Å². The van der Waals surface area contributed by atoms with E-state index in [0.29, 0.717) is 6.42 Å². The summed E-state index contributed by atoms with van der Waals surface area (Å²) in [5.41, 5.74) is 8.17. The zero-order valence-corrected chi connectivity index (χ0v) is 10.3. The predicted molar refractivity (Wildman–Crippen MR) is 69.7 cm³/mol. The Morgan fingerprint density at radius 1 is 1.41 bits per heavy atom. The molecule has 0 aliphatic carbocycles. The van der Waals surface area contributed by atoms with Crippen molar-refractivity contribution in [2.24, 2.45) is 0 Å². The highest BCUT2D eigenvalue weighted by molar-refractivity contribution is 7.13. The smallest absolute Gasteiger partial charge is 0.225 e. The van der Waals surface area contributed by atoms with Gasteiger partial charge in [-0.25, -0.2) is 4.98 Å². The molecule has 4 nitrogen and oxygen atoms in total. The molecule has 2 aromatic rings. The van der Waals surface area contributed by atoms with Crippen molar-refractivity contribution in [3.05, 3.63) is 35.3 Å². The van der Waals surface area contributed by atoms with E-state index in [4.69, 9.17) is 5.73 Å². The number of nitrogens with zero attached hydrogens (tertiary/aromatic N) is 1. The van der Waals surface area contributed by atoms with Crippen molar-refractivity contribution in [3.8, 4) is 10.6 Å². The number of nitrogens with one attached hydrogen (secondary N) is 1. The van der Waals surface area contributed by atoms with E-state index in [-0.39, 0.29) is 5.91 Å². The van der Waals surface area contributed by atoms with Crippen molar-refractivity contribution in [1.29, 1.82) is 0 Å². The number of likely N-dealkylation sites (N-methyl/N-ethyl adjacent to an activating group) is 1. The van der Waals surface area contributed by atoms with Crippen LogP contribution in [-0.4, -0.2) is 17.9 Å². The van der Waals surface area contributed by atoms with Crippen LogP contribution in [0.1, 0.15) is 5.69 Å². The Morgan fingerprint density at radius 2 is 2.12 bits per heavy atom. The minimum atomic E-state index is -0.0286. The molecular formula is C12H13N3OS. The Labute approximate surface area is 103 Å². The molecule has 1 amide bonds. The maximum Gasteiger partial charge on any atom is 0.225 e. The molecule has 0 aliphatic rings. The quantitative estimate of drug-likeness (QED) is 0.811. The number of nitrogens with two attached hydrogens (primary N) is 1. The van der Waals surface area contributed by atoms with Gasteiger partial charge in [-0.2, -0.15) is 0 Å². The van der Waals surface area contributed by atoms with E-state index in [0.717, 1.165) is 22.0 Å². The number of aromatic nitrogens is 1. The summed E-state index contributed by atoms with van der Waals surface area (Å²) in [6, 6.07) is 7.54.